The number of pyridine rings is 1. The molecule has 0 amide bonds. The van der Waals surface area contributed by atoms with Crippen molar-refractivity contribution in [3.05, 3.63) is 23.5 Å². The van der Waals surface area contributed by atoms with Crippen LogP contribution in [0.2, 0.25) is 0 Å². The third-order valence-corrected chi connectivity index (χ3v) is 2.01. The second-order valence-electron chi connectivity index (χ2n) is 3.45. The van der Waals surface area contributed by atoms with Crippen LogP contribution < -0.4 is 10.1 Å². The molecule has 0 atom stereocenters. The highest BCUT2D eigenvalue weighted by atomic mass is 19.3. The SMILES string of the molecule is CCCNCc1nc(C)ccc1OC(F)F. The van der Waals surface area contributed by atoms with Gasteiger partial charge in [0.2, 0.25) is 0 Å². The van der Waals surface area contributed by atoms with Crippen molar-refractivity contribution in [2.24, 2.45) is 0 Å². The fourth-order valence-corrected chi connectivity index (χ4v) is 1.31. The fourth-order valence-electron chi connectivity index (χ4n) is 1.31. The summed E-state index contributed by atoms with van der Waals surface area (Å²) in [5.74, 6) is 0.143. The quantitative estimate of drug-likeness (QED) is 0.762. The molecule has 5 heteroatoms. The van der Waals surface area contributed by atoms with Crippen LogP contribution in [0.1, 0.15) is 24.7 Å². The zero-order valence-corrected chi connectivity index (χ0v) is 9.46. The largest absolute Gasteiger partial charge is 0.433 e. The lowest BCUT2D eigenvalue weighted by Crippen LogP contribution is -2.17. The molecule has 0 aliphatic rings. The van der Waals surface area contributed by atoms with Crippen LogP contribution in [0.25, 0.3) is 0 Å². The van der Waals surface area contributed by atoms with E-state index in [9.17, 15) is 8.78 Å². The normalized spacial score (nSPS) is 10.8. The molecule has 0 saturated heterocycles. The Bertz CT molecular complexity index is 332. The fraction of sp³-hybridized carbons (Fsp3) is 0.545. The minimum atomic E-state index is -2.81. The lowest BCUT2D eigenvalue weighted by molar-refractivity contribution is -0.0508. The van der Waals surface area contributed by atoms with Gasteiger partial charge in [0.1, 0.15) is 5.75 Å². The van der Waals surface area contributed by atoms with E-state index < -0.39 is 6.61 Å². The van der Waals surface area contributed by atoms with E-state index in [2.05, 4.69) is 15.0 Å². The number of aryl methyl sites for hydroxylation is 1. The van der Waals surface area contributed by atoms with Gasteiger partial charge in [-0.15, -0.1) is 0 Å². The predicted octanol–water partition coefficient (Wildman–Crippen LogP) is 2.49. The summed E-state index contributed by atoms with van der Waals surface area (Å²) >= 11 is 0. The summed E-state index contributed by atoms with van der Waals surface area (Å²) in [5.41, 5.74) is 1.31. The van der Waals surface area contributed by atoms with E-state index in [1.54, 1.807) is 6.07 Å². The van der Waals surface area contributed by atoms with Gasteiger partial charge in [-0.3, -0.25) is 4.98 Å². The first kappa shape index (κ1) is 12.8. The van der Waals surface area contributed by atoms with Crippen molar-refractivity contribution in [1.29, 1.82) is 0 Å². The van der Waals surface area contributed by atoms with Crippen molar-refractivity contribution in [3.63, 3.8) is 0 Å². The Hall–Kier alpha value is -1.23. The summed E-state index contributed by atoms with van der Waals surface area (Å²) in [6, 6.07) is 3.18. The van der Waals surface area contributed by atoms with Crippen LogP contribution in [0.3, 0.4) is 0 Å². The second kappa shape index (κ2) is 6.37. The van der Waals surface area contributed by atoms with Gasteiger partial charge in [-0.2, -0.15) is 8.78 Å². The Labute approximate surface area is 93.8 Å². The first-order valence-electron chi connectivity index (χ1n) is 5.25. The second-order valence-corrected chi connectivity index (χ2v) is 3.45. The molecule has 0 radical (unpaired) electrons. The zero-order chi connectivity index (χ0) is 12.0. The first-order chi connectivity index (χ1) is 7.63. The molecule has 0 aliphatic carbocycles. The number of nitrogens with zero attached hydrogens (tertiary/aromatic N) is 1. The van der Waals surface area contributed by atoms with Gasteiger partial charge in [0.25, 0.3) is 0 Å². The summed E-state index contributed by atoms with van der Waals surface area (Å²) in [6.45, 7) is 2.30. The maximum absolute atomic E-state index is 12.1. The van der Waals surface area contributed by atoms with Gasteiger partial charge in [0.05, 0.1) is 5.69 Å². The Morgan fingerprint density at radius 2 is 2.19 bits per heavy atom. The molecule has 0 aromatic carbocycles. The number of hydrogen-bond acceptors (Lipinski definition) is 3. The van der Waals surface area contributed by atoms with E-state index in [-0.39, 0.29) is 5.75 Å². The highest BCUT2D eigenvalue weighted by molar-refractivity contribution is 5.29. The number of nitrogens with one attached hydrogen (secondary N) is 1. The average molecular weight is 230 g/mol. The summed E-state index contributed by atoms with van der Waals surface area (Å²) in [6.07, 6.45) is 0.983. The van der Waals surface area contributed by atoms with Crippen LogP contribution in [0.5, 0.6) is 5.75 Å². The molecule has 0 fully saturated rings. The van der Waals surface area contributed by atoms with Crippen LogP contribution >= 0.6 is 0 Å². The number of ether oxygens (including phenoxy) is 1. The molecule has 0 unspecified atom stereocenters. The highest BCUT2D eigenvalue weighted by Gasteiger charge is 2.10. The van der Waals surface area contributed by atoms with Gasteiger partial charge in [-0.05, 0) is 32.0 Å². The lowest BCUT2D eigenvalue weighted by Gasteiger charge is -2.11. The standard InChI is InChI=1S/C11H16F2N2O/c1-3-6-14-7-9-10(16-11(12)13)5-4-8(2)15-9/h4-5,11,14H,3,6-7H2,1-2H3. The van der Waals surface area contributed by atoms with Crippen LogP contribution in [0, 0.1) is 6.92 Å². The van der Waals surface area contributed by atoms with Crippen LogP contribution in [-0.2, 0) is 6.54 Å². The van der Waals surface area contributed by atoms with Crippen LogP contribution in [0.15, 0.2) is 12.1 Å². The third-order valence-electron chi connectivity index (χ3n) is 2.01. The average Bonchev–Trinajstić information content (AvgIpc) is 2.22. The van der Waals surface area contributed by atoms with E-state index in [0.29, 0.717) is 12.2 Å². The van der Waals surface area contributed by atoms with E-state index in [1.165, 1.54) is 6.07 Å². The van der Waals surface area contributed by atoms with Gasteiger partial charge in [-0.25, -0.2) is 0 Å². The van der Waals surface area contributed by atoms with Crippen LogP contribution in [-0.4, -0.2) is 18.1 Å². The van der Waals surface area contributed by atoms with Crippen molar-refractivity contribution in [2.45, 2.75) is 33.4 Å². The van der Waals surface area contributed by atoms with Gasteiger partial charge < -0.3 is 10.1 Å². The van der Waals surface area contributed by atoms with Crippen molar-refractivity contribution in [1.82, 2.24) is 10.3 Å². The number of aromatic nitrogens is 1. The molecular formula is C11H16F2N2O. The Balaban J connectivity index is 2.73. The van der Waals surface area contributed by atoms with Crippen molar-refractivity contribution >= 4 is 0 Å². The highest BCUT2D eigenvalue weighted by Crippen LogP contribution is 2.19. The topological polar surface area (TPSA) is 34.2 Å². The number of halogens is 2. The van der Waals surface area contributed by atoms with E-state index in [0.717, 1.165) is 18.7 Å². The molecule has 90 valence electrons. The Morgan fingerprint density at radius 1 is 1.44 bits per heavy atom. The number of alkyl halides is 2. The summed E-state index contributed by atoms with van der Waals surface area (Å²) in [4.78, 5) is 4.18. The Morgan fingerprint density at radius 3 is 2.81 bits per heavy atom. The maximum Gasteiger partial charge on any atom is 0.387 e. The minimum absolute atomic E-state index is 0.143. The lowest BCUT2D eigenvalue weighted by atomic mass is 10.3. The monoisotopic (exact) mass is 230 g/mol. The molecule has 0 spiro atoms. The number of rotatable bonds is 6. The number of hydrogen-bond donors (Lipinski definition) is 1. The van der Waals surface area contributed by atoms with E-state index >= 15 is 0 Å². The van der Waals surface area contributed by atoms with E-state index in [1.807, 2.05) is 13.8 Å². The van der Waals surface area contributed by atoms with Crippen LogP contribution in [0.4, 0.5) is 8.78 Å². The molecule has 1 N–H and O–H groups in total. The molecule has 1 aromatic heterocycles. The zero-order valence-electron chi connectivity index (χ0n) is 9.46. The molecule has 3 nitrogen and oxygen atoms in total. The molecular weight excluding hydrogens is 214 g/mol. The van der Waals surface area contributed by atoms with Crippen molar-refractivity contribution in [3.8, 4) is 5.75 Å². The molecule has 1 rings (SSSR count). The molecule has 0 bridgehead atoms. The molecule has 0 aliphatic heterocycles. The van der Waals surface area contributed by atoms with Gasteiger partial charge in [0.15, 0.2) is 0 Å². The summed E-state index contributed by atoms with van der Waals surface area (Å²) in [5, 5.41) is 3.10. The van der Waals surface area contributed by atoms with E-state index in [4.69, 9.17) is 0 Å². The predicted molar refractivity (Wildman–Crippen MR) is 57.6 cm³/mol. The van der Waals surface area contributed by atoms with Gasteiger partial charge in [-0.1, -0.05) is 6.92 Å². The van der Waals surface area contributed by atoms with Crippen molar-refractivity contribution < 1.29 is 13.5 Å². The molecule has 16 heavy (non-hydrogen) atoms. The Kier molecular flexibility index (Phi) is 5.11. The third kappa shape index (κ3) is 4.10. The smallest absolute Gasteiger partial charge is 0.387 e. The maximum atomic E-state index is 12.1. The molecule has 0 saturated carbocycles. The van der Waals surface area contributed by atoms with Gasteiger partial charge >= 0.3 is 6.61 Å². The van der Waals surface area contributed by atoms with Crippen molar-refractivity contribution in [2.75, 3.05) is 6.54 Å². The minimum Gasteiger partial charge on any atom is -0.433 e. The van der Waals surface area contributed by atoms with Gasteiger partial charge in [0, 0.05) is 12.2 Å². The summed E-state index contributed by atoms with van der Waals surface area (Å²) < 4.78 is 28.6. The molecule has 1 heterocycles. The summed E-state index contributed by atoms with van der Waals surface area (Å²) in [7, 11) is 0. The molecule has 1 aromatic rings. The first-order valence-corrected chi connectivity index (χ1v) is 5.25.